The first-order chi connectivity index (χ1) is 11.5. The number of carbonyl (C=O) groups excluding carboxylic acids is 2. The third-order valence-corrected chi connectivity index (χ3v) is 5.19. The number of hydrogen-bond donors (Lipinski definition) is 0. The fraction of sp³-hybridized carbons (Fsp3) is 0.789. The second-order valence-corrected chi connectivity index (χ2v) is 6.66. The first-order valence-corrected chi connectivity index (χ1v) is 9.09. The Morgan fingerprint density at radius 2 is 2.12 bits per heavy atom. The van der Waals surface area contributed by atoms with Crippen LogP contribution in [0, 0.1) is 17.3 Å². The number of carbonyl (C=O) groups is 2. The van der Waals surface area contributed by atoms with Gasteiger partial charge in [-0.3, -0.25) is 9.59 Å². The average molecular weight is 338 g/mol. The van der Waals surface area contributed by atoms with Crippen LogP contribution in [-0.4, -0.2) is 37.9 Å². The Hall–Kier alpha value is -1.20. The molecule has 3 unspecified atom stereocenters. The van der Waals surface area contributed by atoms with E-state index in [-0.39, 0.29) is 36.4 Å². The first kappa shape index (κ1) is 19.1. The van der Waals surface area contributed by atoms with Crippen molar-refractivity contribution >= 4 is 11.8 Å². The van der Waals surface area contributed by atoms with Crippen LogP contribution in [0.5, 0.6) is 0 Å². The minimum Gasteiger partial charge on any atom is -0.468 e. The lowest BCUT2D eigenvalue weighted by Crippen LogP contribution is -2.27. The van der Waals surface area contributed by atoms with Crippen molar-refractivity contribution < 1.29 is 23.8 Å². The molecule has 2 aliphatic carbocycles. The lowest BCUT2D eigenvalue weighted by atomic mass is 9.97. The van der Waals surface area contributed by atoms with Crippen molar-refractivity contribution in [3.63, 3.8) is 0 Å². The maximum atomic E-state index is 12.6. The van der Waals surface area contributed by atoms with Crippen molar-refractivity contribution in [3.8, 4) is 0 Å². The highest BCUT2D eigenvalue weighted by Crippen LogP contribution is 2.68. The summed E-state index contributed by atoms with van der Waals surface area (Å²) >= 11 is 0. The van der Waals surface area contributed by atoms with Crippen LogP contribution in [0.2, 0.25) is 0 Å². The normalized spacial score (nSPS) is 32.8. The second kappa shape index (κ2) is 8.26. The molecule has 5 nitrogen and oxygen atoms in total. The first-order valence-electron chi connectivity index (χ1n) is 9.09. The third-order valence-electron chi connectivity index (χ3n) is 5.19. The molecule has 2 rings (SSSR count). The fourth-order valence-corrected chi connectivity index (χ4v) is 4.05. The standard InChI is InChI=1S/C19H30O5/c1-5-7-8-9-10-11-14-17-15(24-13(3)23-6-2)12-16(20)19(14,17)18(21)22-4/h10-11,13-15,17H,5-9,12H2,1-4H3/t13?,14?,15?,17-,19+/m0/s1. The number of Topliss-reactive ketones (excluding diaryl/α,β-unsaturated/α-hetero) is 1. The van der Waals surface area contributed by atoms with E-state index in [1.807, 2.05) is 19.9 Å². The summed E-state index contributed by atoms with van der Waals surface area (Å²) < 4.78 is 16.2. The number of allylic oxidation sites excluding steroid dienone is 2. The molecule has 5 heteroatoms. The molecule has 0 heterocycles. The molecule has 0 radical (unpaired) electrons. The SMILES string of the molecule is CCCCCC=CC1[C@H]2C(OC(C)OCC)CC(=O)[C@]12C(=O)OC. The summed E-state index contributed by atoms with van der Waals surface area (Å²) in [7, 11) is 1.35. The minimum absolute atomic E-state index is 0.0590. The molecule has 136 valence electrons. The highest BCUT2D eigenvalue weighted by atomic mass is 16.7. The van der Waals surface area contributed by atoms with Gasteiger partial charge in [-0.25, -0.2) is 0 Å². The summed E-state index contributed by atoms with van der Waals surface area (Å²) in [6.45, 7) is 6.44. The van der Waals surface area contributed by atoms with Crippen LogP contribution in [-0.2, 0) is 23.8 Å². The summed E-state index contributed by atoms with van der Waals surface area (Å²) in [6.07, 6.45) is 8.20. The van der Waals surface area contributed by atoms with Gasteiger partial charge < -0.3 is 14.2 Å². The summed E-state index contributed by atoms with van der Waals surface area (Å²) in [5, 5.41) is 0. The number of ether oxygens (including phenoxy) is 3. The van der Waals surface area contributed by atoms with Crippen LogP contribution < -0.4 is 0 Å². The van der Waals surface area contributed by atoms with Gasteiger partial charge in [-0.1, -0.05) is 31.9 Å². The molecule has 2 saturated carbocycles. The summed E-state index contributed by atoms with van der Waals surface area (Å²) in [5.74, 6) is -0.707. The molecule has 0 aromatic carbocycles. The van der Waals surface area contributed by atoms with Crippen LogP contribution in [0.15, 0.2) is 12.2 Å². The highest BCUT2D eigenvalue weighted by Gasteiger charge is 2.80. The molecular weight excluding hydrogens is 308 g/mol. The number of hydrogen-bond acceptors (Lipinski definition) is 5. The van der Waals surface area contributed by atoms with Crippen LogP contribution in [0.4, 0.5) is 0 Å². The molecule has 2 fully saturated rings. The van der Waals surface area contributed by atoms with Crippen molar-refractivity contribution in [2.75, 3.05) is 13.7 Å². The number of unbranched alkanes of at least 4 members (excludes halogenated alkanes) is 3. The molecule has 0 bridgehead atoms. The van der Waals surface area contributed by atoms with Crippen LogP contribution in [0.25, 0.3) is 0 Å². The largest absolute Gasteiger partial charge is 0.468 e. The van der Waals surface area contributed by atoms with Gasteiger partial charge >= 0.3 is 5.97 Å². The highest BCUT2D eigenvalue weighted by molar-refractivity contribution is 6.11. The van der Waals surface area contributed by atoms with Gasteiger partial charge in [-0.15, -0.1) is 0 Å². The molecule has 0 saturated heterocycles. The maximum absolute atomic E-state index is 12.6. The Morgan fingerprint density at radius 3 is 2.75 bits per heavy atom. The van der Waals surface area contributed by atoms with E-state index < -0.39 is 11.4 Å². The van der Waals surface area contributed by atoms with Gasteiger partial charge in [0.15, 0.2) is 12.1 Å². The van der Waals surface area contributed by atoms with E-state index in [4.69, 9.17) is 14.2 Å². The second-order valence-electron chi connectivity index (χ2n) is 6.66. The number of ketones is 1. The van der Waals surface area contributed by atoms with E-state index in [0.29, 0.717) is 6.61 Å². The minimum atomic E-state index is -1.02. The Balaban J connectivity index is 2.07. The van der Waals surface area contributed by atoms with Crippen molar-refractivity contribution in [3.05, 3.63) is 12.2 Å². The molecule has 0 N–H and O–H groups in total. The molecule has 0 aliphatic heterocycles. The van der Waals surface area contributed by atoms with E-state index in [9.17, 15) is 9.59 Å². The summed E-state index contributed by atoms with van der Waals surface area (Å²) in [5.41, 5.74) is -1.02. The van der Waals surface area contributed by atoms with Gasteiger partial charge in [0.05, 0.1) is 13.2 Å². The molecule has 24 heavy (non-hydrogen) atoms. The lowest BCUT2D eigenvalue weighted by molar-refractivity contribution is -0.162. The van der Waals surface area contributed by atoms with Crippen molar-refractivity contribution in [1.29, 1.82) is 0 Å². The number of methoxy groups -OCH3 is 1. The molecule has 2 aliphatic rings. The zero-order valence-corrected chi connectivity index (χ0v) is 15.2. The molecule has 0 aromatic rings. The van der Waals surface area contributed by atoms with Crippen LogP contribution >= 0.6 is 0 Å². The Morgan fingerprint density at radius 1 is 1.38 bits per heavy atom. The van der Waals surface area contributed by atoms with Crippen molar-refractivity contribution in [2.24, 2.45) is 17.3 Å². The van der Waals surface area contributed by atoms with Gasteiger partial charge in [-0.05, 0) is 26.7 Å². The van der Waals surface area contributed by atoms with E-state index in [2.05, 4.69) is 13.0 Å². The molecular formula is C19H30O5. The third kappa shape index (κ3) is 3.42. The number of esters is 1. The van der Waals surface area contributed by atoms with Gasteiger partial charge in [0.25, 0.3) is 0 Å². The van der Waals surface area contributed by atoms with Gasteiger partial charge in [-0.2, -0.15) is 0 Å². The monoisotopic (exact) mass is 338 g/mol. The Labute approximate surface area is 144 Å². The smallest absolute Gasteiger partial charge is 0.320 e. The van der Waals surface area contributed by atoms with Crippen LogP contribution in [0.3, 0.4) is 0 Å². The summed E-state index contributed by atoms with van der Waals surface area (Å²) in [4.78, 5) is 24.9. The predicted molar refractivity (Wildman–Crippen MR) is 90.3 cm³/mol. The number of fused-ring (bicyclic) bond motifs is 1. The van der Waals surface area contributed by atoms with E-state index in [1.165, 1.54) is 20.0 Å². The van der Waals surface area contributed by atoms with E-state index >= 15 is 0 Å². The molecule has 0 amide bonds. The van der Waals surface area contributed by atoms with Gasteiger partial charge in [0, 0.05) is 24.9 Å². The van der Waals surface area contributed by atoms with Crippen molar-refractivity contribution in [1.82, 2.24) is 0 Å². The Kier molecular flexibility index (Phi) is 6.58. The predicted octanol–water partition coefficient (Wildman–Crippen LogP) is 3.27. The van der Waals surface area contributed by atoms with E-state index in [1.54, 1.807) is 0 Å². The van der Waals surface area contributed by atoms with Gasteiger partial charge in [0.1, 0.15) is 5.41 Å². The topological polar surface area (TPSA) is 61.8 Å². The number of rotatable bonds is 10. The maximum Gasteiger partial charge on any atom is 0.320 e. The summed E-state index contributed by atoms with van der Waals surface area (Å²) in [6, 6.07) is 0. The van der Waals surface area contributed by atoms with Gasteiger partial charge in [0.2, 0.25) is 0 Å². The van der Waals surface area contributed by atoms with Crippen molar-refractivity contribution in [2.45, 2.75) is 65.3 Å². The molecule has 0 spiro atoms. The van der Waals surface area contributed by atoms with E-state index in [0.717, 1.165) is 12.8 Å². The fourth-order valence-electron chi connectivity index (χ4n) is 4.05. The average Bonchev–Trinajstić information content (AvgIpc) is 3.14. The Bertz CT molecular complexity index is 486. The molecule has 0 aromatic heterocycles. The van der Waals surface area contributed by atoms with Crippen LogP contribution in [0.1, 0.15) is 52.9 Å². The lowest BCUT2D eigenvalue weighted by Gasteiger charge is -2.19. The quantitative estimate of drug-likeness (QED) is 0.201. The molecule has 5 atom stereocenters. The zero-order chi connectivity index (χ0) is 17.7. The zero-order valence-electron chi connectivity index (χ0n) is 15.2.